The standard InChI is InChI=1S/C19H26N6O2/c1-14-5-6-15(12-23-14)11-16-13-24-18(25-17(16)26)20-7-3-2-4-10-27-19-21-8-9-22-19/h5-6,12-13H,2-4,7-11H2,1H3,(H,21,22)(H2,20,24,25,26). The minimum atomic E-state index is -0.119. The normalized spacial score (nSPS) is 13.1. The lowest BCUT2D eigenvalue weighted by Crippen LogP contribution is -2.21. The van der Waals surface area contributed by atoms with Crippen molar-refractivity contribution in [1.82, 2.24) is 20.3 Å². The zero-order valence-electron chi connectivity index (χ0n) is 15.6. The lowest BCUT2D eigenvalue weighted by Gasteiger charge is -2.07. The van der Waals surface area contributed by atoms with Crippen LogP contribution in [0.1, 0.15) is 36.1 Å². The van der Waals surface area contributed by atoms with Gasteiger partial charge in [-0.3, -0.25) is 14.8 Å². The van der Waals surface area contributed by atoms with Gasteiger partial charge in [-0.1, -0.05) is 6.07 Å². The molecular weight excluding hydrogens is 344 g/mol. The minimum absolute atomic E-state index is 0.119. The zero-order chi connectivity index (χ0) is 18.9. The second kappa shape index (κ2) is 9.70. The van der Waals surface area contributed by atoms with Gasteiger partial charge in [-0.15, -0.1) is 0 Å². The Kier molecular flexibility index (Phi) is 6.78. The van der Waals surface area contributed by atoms with Gasteiger partial charge in [-0.2, -0.15) is 0 Å². The fourth-order valence-electron chi connectivity index (χ4n) is 2.71. The highest BCUT2D eigenvalue weighted by atomic mass is 16.5. The molecule has 0 radical (unpaired) electrons. The lowest BCUT2D eigenvalue weighted by atomic mass is 10.1. The van der Waals surface area contributed by atoms with Crippen molar-refractivity contribution in [2.24, 2.45) is 4.99 Å². The molecule has 3 N–H and O–H groups in total. The van der Waals surface area contributed by atoms with Crippen LogP contribution in [0, 0.1) is 6.92 Å². The average molecular weight is 370 g/mol. The number of H-pyrrole nitrogens is 1. The van der Waals surface area contributed by atoms with E-state index in [1.54, 1.807) is 12.4 Å². The van der Waals surface area contributed by atoms with Crippen LogP contribution in [0.3, 0.4) is 0 Å². The third kappa shape index (κ3) is 6.09. The van der Waals surface area contributed by atoms with Crippen LogP contribution >= 0.6 is 0 Å². The minimum Gasteiger partial charge on any atom is -0.465 e. The molecule has 1 aliphatic heterocycles. The number of unbranched alkanes of at least 4 members (excludes halogenated alkanes) is 2. The van der Waals surface area contributed by atoms with Crippen LogP contribution in [0.15, 0.2) is 34.3 Å². The molecule has 0 unspecified atom stereocenters. The Hall–Kier alpha value is -2.90. The van der Waals surface area contributed by atoms with Gasteiger partial charge >= 0.3 is 0 Å². The second-order valence-corrected chi connectivity index (χ2v) is 6.52. The summed E-state index contributed by atoms with van der Waals surface area (Å²) >= 11 is 0. The first kappa shape index (κ1) is 18.9. The Labute approximate surface area is 158 Å². The molecule has 1 aliphatic rings. The van der Waals surface area contributed by atoms with E-state index in [4.69, 9.17) is 4.74 Å². The van der Waals surface area contributed by atoms with E-state index in [1.807, 2.05) is 19.1 Å². The summed E-state index contributed by atoms with van der Waals surface area (Å²) in [6.45, 7) is 5.02. The molecule has 0 bridgehead atoms. The molecule has 0 fully saturated rings. The summed E-state index contributed by atoms with van der Waals surface area (Å²) in [4.78, 5) is 27.8. The predicted octanol–water partition coefficient (Wildman–Crippen LogP) is 1.62. The van der Waals surface area contributed by atoms with Gasteiger partial charge < -0.3 is 15.4 Å². The van der Waals surface area contributed by atoms with Crippen LogP contribution < -0.4 is 16.2 Å². The molecule has 0 aromatic carbocycles. The smallest absolute Gasteiger partial charge is 0.284 e. The highest BCUT2D eigenvalue weighted by Crippen LogP contribution is 2.06. The third-order valence-corrected chi connectivity index (χ3v) is 4.24. The predicted molar refractivity (Wildman–Crippen MR) is 105 cm³/mol. The number of pyridine rings is 1. The van der Waals surface area contributed by atoms with E-state index in [0.717, 1.165) is 50.2 Å². The van der Waals surface area contributed by atoms with Crippen LogP contribution in [-0.2, 0) is 11.2 Å². The second-order valence-electron chi connectivity index (χ2n) is 6.52. The maximum Gasteiger partial charge on any atom is 0.284 e. The van der Waals surface area contributed by atoms with Crippen LogP contribution in [0.2, 0.25) is 0 Å². The van der Waals surface area contributed by atoms with E-state index in [1.165, 1.54) is 0 Å². The highest BCUT2D eigenvalue weighted by Gasteiger charge is 2.06. The highest BCUT2D eigenvalue weighted by molar-refractivity contribution is 5.75. The number of aliphatic imine (C=N–C) groups is 1. The molecule has 0 saturated heterocycles. The summed E-state index contributed by atoms with van der Waals surface area (Å²) in [7, 11) is 0. The molecule has 8 heteroatoms. The number of nitrogens with one attached hydrogen (secondary N) is 3. The monoisotopic (exact) mass is 370 g/mol. The fraction of sp³-hybridized carbons (Fsp3) is 0.474. The first-order valence-corrected chi connectivity index (χ1v) is 9.35. The molecule has 0 saturated carbocycles. The third-order valence-electron chi connectivity index (χ3n) is 4.24. The lowest BCUT2D eigenvalue weighted by molar-refractivity contribution is 0.283. The molecule has 0 aliphatic carbocycles. The summed E-state index contributed by atoms with van der Waals surface area (Å²) in [5.74, 6) is 0.506. The molecule has 2 aromatic rings. The maximum absolute atomic E-state index is 12.2. The van der Waals surface area contributed by atoms with Crippen LogP contribution in [0.5, 0.6) is 0 Å². The number of aromatic amines is 1. The summed E-state index contributed by atoms with van der Waals surface area (Å²) < 4.78 is 5.51. The van der Waals surface area contributed by atoms with Crippen molar-refractivity contribution >= 4 is 12.0 Å². The van der Waals surface area contributed by atoms with Crippen molar-refractivity contribution < 1.29 is 4.74 Å². The van der Waals surface area contributed by atoms with Crippen LogP contribution in [0.25, 0.3) is 0 Å². The van der Waals surface area contributed by atoms with Crippen molar-refractivity contribution in [3.8, 4) is 0 Å². The molecular formula is C19H26N6O2. The maximum atomic E-state index is 12.2. The van der Waals surface area contributed by atoms with Crippen molar-refractivity contribution in [2.45, 2.75) is 32.6 Å². The Bertz CT molecular complexity index is 816. The van der Waals surface area contributed by atoms with Gasteiger partial charge in [0.15, 0.2) is 0 Å². The first-order valence-electron chi connectivity index (χ1n) is 9.35. The van der Waals surface area contributed by atoms with Gasteiger partial charge in [0.05, 0.1) is 13.2 Å². The van der Waals surface area contributed by atoms with Crippen molar-refractivity contribution in [3.05, 3.63) is 51.7 Å². The number of anilines is 1. The van der Waals surface area contributed by atoms with Gasteiger partial charge in [0, 0.05) is 43.2 Å². The van der Waals surface area contributed by atoms with E-state index in [2.05, 4.69) is 30.6 Å². The Morgan fingerprint density at radius 3 is 2.85 bits per heavy atom. The van der Waals surface area contributed by atoms with Gasteiger partial charge in [-0.25, -0.2) is 9.98 Å². The SMILES string of the molecule is Cc1ccc(Cc2cnc(NCCCCCOC3=NCCN3)[nH]c2=O)cn1. The topological polar surface area (TPSA) is 104 Å². The summed E-state index contributed by atoms with van der Waals surface area (Å²) in [5.41, 5.74) is 2.47. The van der Waals surface area contributed by atoms with Gasteiger partial charge in [0.25, 0.3) is 11.6 Å². The van der Waals surface area contributed by atoms with E-state index in [-0.39, 0.29) is 5.56 Å². The van der Waals surface area contributed by atoms with Crippen LogP contribution in [0.4, 0.5) is 5.95 Å². The number of amidine groups is 1. The number of aromatic nitrogens is 3. The first-order chi connectivity index (χ1) is 13.2. The largest absolute Gasteiger partial charge is 0.465 e. The molecule has 2 aromatic heterocycles. The number of hydrogen-bond acceptors (Lipinski definition) is 7. The number of aryl methyl sites for hydroxylation is 1. The number of rotatable bonds is 9. The van der Waals surface area contributed by atoms with Gasteiger partial charge in [0.1, 0.15) is 0 Å². The average Bonchev–Trinajstić information content (AvgIpc) is 3.18. The van der Waals surface area contributed by atoms with E-state index in [9.17, 15) is 4.79 Å². The molecule has 0 spiro atoms. The summed E-state index contributed by atoms with van der Waals surface area (Å²) in [5, 5.41) is 6.24. The van der Waals surface area contributed by atoms with E-state index in [0.29, 0.717) is 30.6 Å². The fourth-order valence-corrected chi connectivity index (χ4v) is 2.71. The molecule has 0 amide bonds. The number of hydrogen-bond donors (Lipinski definition) is 3. The van der Waals surface area contributed by atoms with Crippen LogP contribution in [-0.4, -0.2) is 47.2 Å². The van der Waals surface area contributed by atoms with Crippen molar-refractivity contribution in [3.63, 3.8) is 0 Å². The van der Waals surface area contributed by atoms with E-state index >= 15 is 0 Å². The molecule has 144 valence electrons. The summed E-state index contributed by atoms with van der Waals surface area (Å²) in [6, 6.07) is 4.58. The van der Waals surface area contributed by atoms with Gasteiger partial charge in [-0.05, 0) is 37.8 Å². The molecule has 27 heavy (non-hydrogen) atoms. The molecule has 8 nitrogen and oxygen atoms in total. The Morgan fingerprint density at radius 1 is 1.19 bits per heavy atom. The van der Waals surface area contributed by atoms with E-state index < -0.39 is 0 Å². The van der Waals surface area contributed by atoms with Crippen molar-refractivity contribution in [1.29, 1.82) is 0 Å². The Balaban J connectivity index is 1.36. The van der Waals surface area contributed by atoms with Gasteiger partial charge in [0.2, 0.25) is 5.95 Å². The zero-order valence-corrected chi connectivity index (χ0v) is 15.6. The molecule has 0 atom stereocenters. The quantitative estimate of drug-likeness (QED) is 0.580. The number of nitrogens with zero attached hydrogens (tertiary/aromatic N) is 3. The number of ether oxygens (including phenoxy) is 1. The molecule has 3 rings (SSSR count). The Morgan fingerprint density at radius 2 is 2.11 bits per heavy atom. The summed E-state index contributed by atoms with van der Waals surface area (Å²) in [6.07, 6.45) is 6.92. The van der Waals surface area contributed by atoms with Crippen molar-refractivity contribution in [2.75, 3.05) is 31.6 Å². The molecule has 3 heterocycles.